The Morgan fingerprint density at radius 2 is 1.90 bits per heavy atom. The molecule has 7 heteroatoms. The Morgan fingerprint density at radius 1 is 1.13 bits per heavy atom. The van der Waals surface area contributed by atoms with Gasteiger partial charge in [0, 0.05) is 17.4 Å². The number of aryl methyl sites for hydroxylation is 2. The number of para-hydroxylation sites is 1. The maximum Gasteiger partial charge on any atom is 0.265 e. The van der Waals surface area contributed by atoms with Crippen molar-refractivity contribution in [2.45, 2.75) is 27.0 Å². The highest BCUT2D eigenvalue weighted by molar-refractivity contribution is 7.12. The third kappa shape index (κ3) is 5.34. The molecule has 0 unspecified atom stereocenters. The number of aromatic nitrogens is 2. The highest BCUT2D eigenvalue weighted by Gasteiger charge is 2.11. The van der Waals surface area contributed by atoms with Gasteiger partial charge in [0.1, 0.15) is 12.4 Å². The summed E-state index contributed by atoms with van der Waals surface area (Å²) in [5, 5.41) is 9.71. The molecule has 1 amide bonds. The van der Waals surface area contributed by atoms with Gasteiger partial charge in [-0.15, -0.1) is 11.3 Å². The molecule has 2 aromatic heterocycles. The second kappa shape index (κ2) is 9.37. The molecule has 0 saturated heterocycles. The number of carbonyl (C=O) groups is 1. The lowest BCUT2D eigenvalue weighted by Gasteiger charge is -2.11. The van der Waals surface area contributed by atoms with Crippen molar-refractivity contribution in [2.24, 2.45) is 0 Å². The van der Waals surface area contributed by atoms with Crippen LogP contribution in [0.2, 0.25) is 5.02 Å². The number of halogens is 1. The predicted octanol–water partition coefficient (Wildman–Crippen LogP) is 6.09. The summed E-state index contributed by atoms with van der Waals surface area (Å²) in [6, 6.07) is 15.7. The van der Waals surface area contributed by atoms with Crippen molar-refractivity contribution in [3.05, 3.63) is 98.5 Å². The summed E-state index contributed by atoms with van der Waals surface area (Å²) in [7, 11) is 0. The maximum atomic E-state index is 12.7. The Hall–Kier alpha value is -3.09. The zero-order valence-electron chi connectivity index (χ0n) is 17.3. The Morgan fingerprint density at radius 3 is 2.65 bits per heavy atom. The Balaban J connectivity index is 1.38. The number of hydrogen-bond acceptors (Lipinski definition) is 4. The van der Waals surface area contributed by atoms with Gasteiger partial charge in [0.2, 0.25) is 0 Å². The van der Waals surface area contributed by atoms with Crippen LogP contribution in [0.25, 0.3) is 0 Å². The number of hydrogen-bond donors (Lipinski definition) is 1. The molecule has 0 aliphatic carbocycles. The second-order valence-electron chi connectivity index (χ2n) is 7.34. The van der Waals surface area contributed by atoms with Crippen molar-refractivity contribution in [3.63, 3.8) is 0 Å². The van der Waals surface area contributed by atoms with E-state index in [9.17, 15) is 4.79 Å². The SMILES string of the molecule is Cc1cccc(C)c1OCc1csc(C(=O)Nc2cccc(Cn3cc(Cl)cn3)c2)c1. The molecule has 2 aromatic carbocycles. The molecule has 0 radical (unpaired) electrons. The first-order valence-corrected chi connectivity index (χ1v) is 11.1. The van der Waals surface area contributed by atoms with E-state index in [1.807, 2.05) is 67.8 Å². The summed E-state index contributed by atoms with van der Waals surface area (Å²) in [5.74, 6) is 0.762. The largest absolute Gasteiger partial charge is 0.488 e. The van der Waals surface area contributed by atoms with Crippen LogP contribution in [0.4, 0.5) is 5.69 Å². The number of thiophene rings is 1. The van der Waals surface area contributed by atoms with Gasteiger partial charge in [-0.3, -0.25) is 9.48 Å². The number of nitrogens with zero attached hydrogens (tertiary/aromatic N) is 2. The third-order valence-corrected chi connectivity index (χ3v) is 5.97. The monoisotopic (exact) mass is 451 g/mol. The number of nitrogens with one attached hydrogen (secondary N) is 1. The number of rotatable bonds is 7. The summed E-state index contributed by atoms with van der Waals surface area (Å²) in [6.07, 6.45) is 3.37. The molecule has 31 heavy (non-hydrogen) atoms. The second-order valence-corrected chi connectivity index (χ2v) is 8.69. The topological polar surface area (TPSA) is 56.1 Å². The van der Waals surface area contributed by atoms with Crippen LogP contribution in [-0.2, 0) is 13.2 Å². The first kappa shape index (κ1) is 21.2. The van der Waals surface area contributed by atoms with Crippen LogP contribution in [0.1, 0.15) is 31.9 Å². The summed E-state index contributed by atoms with van der Waals surface area (Å²) >= 11 is 7.33. The van der Waals surface area contributed by atoms with E-state index in [2.05, 4.69) is 10.4 Å². The van der Waals surface area contributed by atoms with Gasteiger partial charge in [-0.1, -0.05) is 41.9 Å². The molecule has 0 aliphatic heterocycles. The lowest BCUT2D eigenvalue weighted by Crippen LogP contribution is -2.10. The number of carbonyl (C=O) groups excluding carboxylic acids is 1. The van der Waals surface area contributed by atoms with E-state index >= 15 is 0 Å². The van der Waals surface area contributed by atoms with Crippen LogP contribution in [0.3, 0.4) is 0 Å². The van der Waals surface area contributed by atoms with Crippen LogP contribution in [0, 0.1) is 13.8 Å². The molecule has 0 atom stereocenters. The fourth-order valence-electron chi connectivity index (χ4n) is 3.30. The molecule has 0 bridgehead atoms. The van der Waals surface area contributed by atoms with Gasteiger partial charge in [0.15, 0.2) is 0 Å². The van der Waals surface area contributed by atoms with E-state index in [1.165, 1.54) is 11.3 Å². The Kier molecular flexibility index (Phi) is 6.39. The van der Waals surface area contributed by atoms with Gasteiger partial charge in [0.05, 0.1) is 22.6 Å². The lowest BCUT2D eigenvalue weighted by molar-refractivity contribution is 0.103. The van der Waals surface area contributed by atoms with Crippen molar-refractivity contribution in [2.75, 3.05) is 5.32 Å². The van der Waals surface area contributed by atoms with Crippen LogP contribution < -0.4 is 10.1 Å². The van der Waals surface area contributed by atoms with Crippen LogP contribution in [0.15, 0.2) is 66.3 Å². The fraction of sp³-hybridized carbons (Fsp3) is 0.167. The van der Waals surface area contributed by atoms with Crippen LogP contribution in [0.5, 0.6) is 5.75 Å². The zero-order valence-corrected chi connectivity index (χ0v) is 18.8. The van der Waals surface area contributed by atoms with E-state index in [0.29, 0.717) is 23.1 Å². The minimum atomic E-state index is -0.136. The molecule has 2 heterocycles. The molecule has 0 spiro atoms. The minimum Gasteiger partial charge on any atom is -0.488 e. The van der Waals surface area contributed by atoms with E-state index < -0.39 is 0 Å². The Bertz CT molecular complexity index is 1190. The molecule has 0 saturated carbocycles. The summed E-state index contributed by atoms with van der Waals surface area (Å²) in [6.45, 7) is 5.07. The standard InChI is InChI=1S/C24H22ClN3O2S/c1-16-5-3-6-17(2)23(16)30-14-19-10-22(31-15-19)24(29)27-21-8-4-7-18(9-21)12-28-13-20(25)11-26-28/h3-11,13,15H,12,14H2,1-2H3,(H,27,29). The summed E-state index contributed by atoms with van der Waals surface area (Å²) in [5.41, 5.74) is 4.94. The van der Waals surface area contributed by atoms with Gasteiger partial charge in [-0.25, -0.2) is 0 Å². The number of anilines is 1. The molecule has 1 N–H and O–H groups in total. The van der Waals surface area contributed by atoms with Gasteiger partial charge >= 0.3 is 0 Å². The summed E-state index contributed by atoms with van der Waals surface area (Å²) < 4.78 is 7.75. The minimum absolute atomic E-state index is 0.136. The van der Waals surface area contributed by atoms with Gasteiger partial charge in [-0.05, 0) is 54.1 Å². The first-order chi connectivity index (χ1) is 15.0. The highest BCUT2D eigenvalue weighted by atomic mass is 35.5. The van der Waals surface area contributed by atoms with Crippen molar-refractivity contribution < 1.29 is 9.53 Å². The predicted molar refractivity (Wildman–Crippen MR) is 125 cm³/mol. The third-order valence-electron chi connectivity index (χ3n) is 4.80. The van der Waals surface area contributed by atoms with Crippen molar-refractivity contribution >= 4 is 34.5 Å². The number of amides is 1. The van der Waals surface area contributed by atoms with E-state index in [-0.39, 0.29) is 5.91 Å². The zero-order chi connectivity index (χ0) is 21.8. The molecular weight excluding hydrogens is 430 g/mol. The van der Waals surface area contributed by atoms with Gasteiger partial charge in [-0.2, -0.15) is 5.10 Å². The van der Waals surface area contributed by atoms with Crippen molar-refractivity contribution in [3.8, 4) is 5.75 Å². The first-order valence-electron chi connectivity index (χ1n) is 9.82. The Labute approximate surface area is 190 Å². The smallest absolute Gasteiger partial charge is 0.265 e. The van der Waals surface area contributed by atoms with Crippen LogP contribution >= 0.6 is 22.9 Å². The quantitative estimate of drug-likeness (QED) is 0.369. The average Bonchev–Trinajstić information content (AvgIpc) is 3.37. The average molecular weight is 452 g/mol. The maximum absolute atomic E-state index is 12.7. The normalized spacial score (nSPS) is 10.8. The van der Waals surface area contributed by atoms with Gasteiger partial charge in [0.25, 0.3) is 5.91 Å². The molecule has 4 aromatic rings. The molecular formula is C24H22ClN3O2S. The molecule has 4 rings (SSSR count). The highest BCUT2D eigenvalue weighted by Crippen LogP contribution is 2.25. The van der Waals surface area contributed by atoms with E-state index in [1.54, 1.807) is 17.1 Å². The molecule has 158 valence electrons. The number of ether oxygens (including phenoxy) is 1. The van der Waals surface area contributed by atoms with Crippen molar-refractivity contribution in [1.29, 1.82) is 0 Å². The van der Waals surface area contributed by atoms with Crippen LogP contribution in [-0.4, -0.2) is 15.7 Å². The van der Waals surface area contributed by atoms with Crippen molar-refractivity contribution in [1.82, 2.24) is 9.78 Å². The van der Waals surface area contributed by atoms with E-state index in [4.69, 9.17) is 16.3 Å². The fourth-order valence-corrected chi connectivity index (χ4v) is 4.25. The molecule has 0 aliphatic rings. The lowest BCUT2D eigenvalue weighted by atomic mass is 10.1. The number of benzene rings is 2. The van der Waals surface area contributed by atoms with Gasteiger partial charge < -0.3 is 10.1 Å². The summed E-state index contributed by atoms with van der Waals surface area (Å²) in [4.78, 5) is 13.3. The molecule has 5 nitrogen and oxygen atoms in total. The molecule has 0 fully saturated rings. The van der Waals surface area contributed by atoms with E-state index in [0.717, 1.165) is 33.7 Å².